The van der Waals surface area contributed by atoms with Crippen molar-refractivity contribution in [2.24, 2.45) is 5.41 Å². The first-order valence-corrected chi connectivity index (χ1v) is 10.1. The van der Waals surface area contributed by atoms with E-state index in [-0.39, 0.29) is 23.2 Å². The molecular formula is C23H27NO2S. The lowest BCUT2D eigenvalue weighted by Crippen LogP contribution is -2.24. The second-order valence-electron chi connectivity index (χ2n) is 8.84. The van der Waals surface area contributed by atoms with E-state index in [1.165, 1.54) is 16.9 Å². The zero-order chi connectivity index (χ0) is 19.7. The van der Waals surface area contributed by atoms with Gasteiger partial charge < -0.3 is 4.74 Å². The number of aromatic nitrogens is 1. The highest BCUT2D eigenvalue weighted by Gasteiger charge is 2.27. The number of ether oxygens (including phenoxy) is 1. The number of nitrogens with zero attached hydrogens (tertiary/aromatic N) is 1. The third kappa shape index (κ3) is 4.95. The van der Waals surface area contributed by atoms with E-state index in [0.29, 0.717) is 10.8 Å². The predicted octanol–water partition coefficient (Wildman–Crippen LogP) is 6.27. The van der Waals surface area contributed by atoms with Crippen LogP contribution in [0.2, 0.25) is 0 Å². The molecule has 0 bridgehead atoms. The molecule has 0 spiro atoms. The molecule has 3 rings (SSSR count). The highest BCUT2D eigenvalue weighted by molar-refractivity contribution is 7.20. The molecule has 0 atom stereocenters. The van der Waals surface area contributed by atoms with Gasteiger partial charge in [-0.05, 0) is 47.1 Å². The van der Waals surface area contributed by atoms with Gasteiger partial charge >= 0.3 is 0 Å². The molecule has 27 heavy (non-hydrogen) atoms. The molecule has 0 radical (unpaired) electrons. The average Bonchev–Trinajstić information content (AvgIpc) is 3.02. The minimum Gasteiger partial charge on any atom is -0.485 e. The van der Waals surface area contributed by atoms with Gasteiger partial charge in [-0.2, -0.15) is 0 Å². The zero-order valence-corrected chi connectivity index (χ0v) is 17.5. The van der Waals surface area contributed by atoms with Crippen molar-refractivity contribution < 1.29 is 9.53 Å². The van der Waals surface area contributed by atoms with Crippen LogP contribution in [0.15, 0.2) is 48.5 Å². The van der Waals surface area contributed by atoms with Crippen LogP contribution >= 0.6 is 11.3 Å². The normalized spacial score (nSPS) is 12.3. The largest absolute Gasteiger partial charge is 0.485 e. The van der Waals surface area contributed by atoms with Crippen molar-refractivity contribution in [1.29, 1.82) is 0 Å². The molecule has 0 aliphatic rings. The van der Waals surface area contributed by atoms with Crippen LogP contribution in [0.25, 0.3) is 10.2 Å². The zero-order valence-electron chi connectivity index (χ0n) is 16.7. The van der Waals surface area contributed by atoms with Gasteiger partial charge in [0.25, 0.3) is 0 Å². The van der Waals surface area contributed by atoms with Crippen LogP contribution in [0, 0.1) is 5.41 Å². The Bertz CT molecular complexity index is 900. The Morgan fingerprint density at radius 2 is 1.67 bits per heavy atom. The molecule has 0 fully saturated rings. The first-order valence-electron chi connectivity index (χ1n) is 9.26. The van der Waals surface area contributed by atoms with E-state index in [1.807, 2.05) is 36.4 Å². The van der Waals surface area contributed by atoms with Gasteiger partial charge in [-0.1, -0.05) is 58.9 Å². The summed E-state index contributed by atoms with van der Waals surface area (Å²) in [7, 11) is 0. The number of benzene rings is 2. The van der Waals surface area contributed by atoms with Crippen molar-refractivity contribution >= 4 is 27.3 Å². The number of para-hydroxylation sites is 1. The van der Waals surface area contributed by atoms with Gasteiger partial charge in [0.15, 0.2) is 11.6 Å². The topological polar surface area (TPSA) is 39.2 Å². The maximum atomic E-state index is 12.4. The number of hydrogen-bond acceptors (Lipinski definition) is 4. The molecule has 0 amide bonds. The maximum Gasteiger partial charge on any atom is 0.228 e. The first-order chi connectivity index (χ1) is 12.6. The number of fused-ring (bicyclic) bond motifs is 1. The van der Waals surface area contributed by atoms with Crippen LogP contribution in [0.3, 0.4) is 0 Å². The number of carbonyl (C=O) groups excluding carboxylic acids is 1. The molecule has 1 aromatic heterocycles. The number of ketones is 1. The van der Waals surface area contributed by atoms with Crippen molar-refractivity contribution in [1.82, 2.24) is 4.98 Å². The molecule has 4 heteroatoms. The fraction of sp³-hybridized carbons (Fsp3) is 0.391. The second-order valence-corrected chi connectivity index (χ2v) is 9.87. The van der Waals surface area contributed by atoms with E-state index in [4.69, 9.17) is 4.74 Å². The van der Waals surface area contributed by atoms with Gasteiger partial charge in [0.2, 0.25) is 5.78 Å². The van der Waals surface area contributed by atoms with E-state index in [1.54, 1.807) is 0 Å². The standard InChI is InChI=1S/C23H27NO2S/c1-22(2,3)15-23(4,5)16-10-12-17(13-11-16)26-14-19(25)21-24-18-8-6-7-9-20(18)27-21/h6-13H,14-15H2,1-5H3. The SMILES string of the molecule is CC(C)(C)CC(C)(C)c1ccc(OCC(=O)c2nc3ccccc3s2)cc1. The number of carbonyl (C=O) groups is 1. The summed E-state index contributed by atoms with van der Waals surface area (Å²) in [5, 5.41) is 0.499. The van der Waals surface area contributed by atoms with Gasteiger partial charge in [-0.3, -0.25) is 4.79 Å². The smallest absolute Gasteiger partial charge is 0.228 e. The van der Waals surface area contributed by atoms with Gasteiger partial charge in [-0.15, -0.1) is 11.3 Å². The molecule has 3 nitrogen and oxygen atoms in total. The predicted molar refractivity (Wildman–Crippen MR) is 113 cm³/mol. The van der Waals surface area contributed by atoms with Crippen LogP contribution in [-0.4, -0.2) is 17.4 Å². The summed E-state index contributed by atoms with van der Waals surface area (Å²) in [5.41, 5.74) is 2.49. The molecule has 0 N–H and O–H groups in total. The fourth-order valence-electron chi connectivity index (χ4n) is 3.63. The van der Waals surface area contributed by atoms with Gasteiger partial charge in [0.1, 0.15) is 5.75 Å². The van der Waals surface area contributed by atoms with Crippen LogP contribution in [0.4, 0.5) is 0 Å². The molecule has 0 saturated carbocycles. The molecule has 0 unspecified atom stereocenters. The van der Waals surface area contributed by atoms with Gasteiger partial charge in [0.05, 0.1) is 10.2 Å². The lowest BCUT2D eigenvalue weighted by Gasteiger charge is -2.33. The average molecular weight is 382 g/mol. The minimum absolute atomic E-state index is 0.00452. The molecular weight excluding hydrogens is 354 g/mol. The molecule has 2 aromatic carbocycles. The quantitative estimate of drug-likeness (QED) is 0.472. The highest BCUT2D eigenvalue weighted by Crippen LogP contribution is 2.36. The van der Waals surface area contributed by atoms with Crippen LogP contribution in [0.5, 0.6) is 5.75 Å². The lowest BCUT2D eigenvalue weighted by atomic mass is 9.72. The van der Waals surface area contributed by atoms with Crippen molar-refractivity contribution in [3.8, 4) is 5.75 Å². The van der Waals surface area contributed by atoms with Gasteiger partial charge in [0, 0.05) is 0 Å². The fourth-order valence-corrected chi connectivity index (χ4v) is 4.52. The van der Waals surface area contributed by atoms with Gasteiger partial charge in [-0.25, -0.2) is 4.98 Å². The Labute approximate surface area is 165 Å². The lowest BCUT2D eigenvalue weighted by molar-refractivity contribution is 0.0921. The van der Waals surface area contributed by atoms with Crippen molar-refractivity contribution in [3.05, 3.63) is 59.1 Å². The van der Waals surface area contributed by atoms with E-state index in [9.17, 15) is 4.79 Å². The molecule has 0 aliphatic heterocycles. The van der Waals surface area contributed by atoms with Crippen LogP contribution in [0.1, 0.15) is 56.4 Å². The molecule has 0 saturated heterocycles. The molecule has 0 aliphatic carbocycles. The maximum absolute atomic E-state index is 12.4. The number of thiazole rings is 1. The Morgan fingerprint density at radius 1 is 1.00 bits per heavy atom. The third-order valence-corrected chi connectivity index (χ3v) is 5.59. The summed E-state index contributed by atoms with van der Waals surface area (Å²) in [5.74, 6) is 0.619. The number of hydrogen-bond donors (Lipinski definition) is 0. The summed E-state index contributed by atoms with van der Waals surface area (Å²) in [6, 6.07) is 15.9. The van der Waals surface area contributed by atoms with Crippen molar-refractivity contribution in [3.63, 3.8) is 0 Å². The van der Waals surface area contributed by atoms with Crippen LogP contribution in [-0.2, 0) is 5.41 Å². The molecule has 142 valence electrons. The summed E-state index contributed by atoms with van der Waals surface area (Å²) < 4.78 is 6.72. The Kier molecular flexibility index (Phi) is 5.38. The second kappa shape index (κ2) is 7.43. The Balaban J connectivity index is 1.63. The van der Waals surface area contributed by atoms with E-state index in [2.05, 4.69) is 51.7 Å². The summed E-state index contributed by atoms with van der Waals surface area (Å²) >= 11 is 1.41. The van der Waals surface area contributed by atoms with Crippen molar-refractivity contribution in [2.45, 2.75) is 46.5 Å². The summed E-state index contributed by atoms with van der Waals surface area (Å²) in [6.07, 6.45) is 1.09. The molecule has 3 aromatic rings. The third-order valence-electron chi connectivity index (χ3n) is 4.51. The highest BCUT2D eigenvalue weighted by atomic mass is 32.1. The number of Topliss-reactive ketones (excluding diaryl/α,β-unsaturated/α-hetero) is 1. The van der Waals surface area contributed by atoms with E-state index >= 15 is 0 Å². The number of rotatable bonds is 6. The first kappa shape index (κ1) is 19.6. The van der Waals surface area contributed by atoms with E-state index in [0.717, 1.165) is 16.6 Å². The Hall–Kier alpha value is -2.20. The molecule has 1 heterocycles. The van der Waals surface area contributed by atoms with E-state index < -0.39 is 0 Å². The minimum atomic E-state index is -0.0895. The van der Waals surface area contributed by atoms with Crippen molar-refractivity contribution in [2.75, 3.05) is 6.61 Å². The van der Waals surface area contributed by atoms with Crippen LogP contribution < -0.4 is 4.74 Å². The Morgan fingerprint density at radius 3 is 2.30 bits per heavy atom. The summed E-state index contributed by atoms with van der Waals surface area (Å²) in [6.45, 7) is 11.3. The monoisotopic (exact) mass is 381 g/mol. The summed E-state index contributed by atoms with van der Waals surface area (Å²) in [4.78, 5) is 16.8.